The van der Waals surface area contributed by atoms with Gasteiger partial charge in [-0.1, -0.05) is 11.6 Å². The summed E-state index contributed by atoms with van der Waals surface area (Å²) in [6.07, 6.45) is 0. The number of aromatic carboxylic acids is 1. The number of benzene rings is 1. The van der Waals surface area contributed by atoms with Crippen molar-refractivity contribution in [2.24, 2.45) is 0 Å². The van der Waals surface area contributed by atoms with Gasteiger partial charge in [0.25, 0.3) is 0 Å². The van der Waals surface area contributed by atoms with Gasteiger partial charge in [-0.3, -0.25) is 0 Å². The molecule has 0 bridgehead atoms. The smallest absolute Gasteiger partial charge is 0.478 e. The molecule has 1 rings (SSSR count). The molecule has 0 radical (unpaired) electrons. The molecule has 88 valence electrons. The van der Waals surface area contributed by atoms with Crippen LogP contribution in [0, 0.1) is 6.92 Å². The number of carboxylic acid groups (broad SMARTS) is 1. The molecule has 0 unspecified atom stereocenters. The fraction of sp³-hybridized carbons (Fsp3) is 0.222. The standard InChI is InChI=1S/C9H10BF3NO2.K/c1-5-7(10(11,12)13)3-6(9(15)16)4-8(5)14-2;/h3-4,14H,1-2H3,(H,15,16);/q-1;+1. The van der Waals surface area contributed by atoms with E-state index in [2.05, 4.69) is 5.32 Å². The third kappa shape index (κ3) is 3.99. The van der Waals surface area contributed by atoms with Crippen molar-refractivity contribution in [3.8, 4) is 0 Å². The fourth-order valence-electron chi connectivity index (χ4n) is 1.46. The number of hydrogen-bond donors (Lipinski definition) is 2. The maximum Gasteiger partial charge on any atom is 1.00 e. The van der Waals surface area contributed by atoms with E-state index in [1.54, 1.807) is 0 Å². The zero-order valence-corrected chi connectivity index (χ0v) is 12.8. The summed E-state index contributed by atoms with van der Waals surface area (Å²) in [5.74, 6) is -1.38. The van der Waals surface area contributed by atoms with Crippen LogP contribution >= 0.6 is 0 Å². The van der Waals surface area contributed by atoms with Crippen molar-refractivity contribution in [1.82, 2.24) is 0 Å². The molecular formula is C9H10BF3KNO2. The Morgan fingerprint density at radius 2 is 1.88 bits per heavy atom. The number of carboxylic acids is 1. The Balaban J connectivity index is 0.00000256. The zero-order valence-electron chi connectivity index (χ0n) is 9.72. The van der Waals surface area contributed by atoms with Crippen molar-refractivity contribution in [2.45, 2.75) is 6.92 Å². The summed E-state index contributed by atoms with van der Waals surface area (Å²) < 4.78 is 38.0. The predicted octanol–water partition coefficient (Wildman–Crippen LogP) is -1.21. The molecule has 0 heterocycles. The van der Waals surface area contributed by atoms with Gasteiger partial charge in [0.15, 0.2) is 0 Å². The van der Waals surface area contributed by atoms with E-state index < -0.39 is 18.4 Å². The van der Waals surface area contributed by atoms with Crippen LogP contribution in [0.1, 0.15) is 15.9 Å². The molecule has 0 fully saturated rings. The second kappa shape index (κ2) is 6.24. The molecule has 0 aromatic heterocycles. The molecule has 0 amide bonds. The van der Waals surface area contributed by atoms with Crippen molar-refractivity contribution >= 4 is 24.1 Å². The summed E-state index contributed by atoms with van der Waals surface area (Å²) in [5.41, 5.74) is -1.05. The molecule has 8 heteroatoms. The van der Waals surface area contributed by atoms with Crippen LogP contribution in [0.2, 0.25) is 0 Å². The Morgan fingerprint density at radius 1 is 1.35 bits per heavy atom. The van der Waals surface area contributed by atoms with E-state index in [0.29, 0.717) is 6.07 Å². The van der Waals surface area contributed by atoms with Gasteiger partial charge in [-0.2, -0.15) is 0 Å². The van der Waals surface area contributed by atoms with Gasteiger partial charge in [0, 0.05) is 12.7 Å². The van der Waals surface area contributed by atoms with Crippen LogP contribution in [-0.4, -0.2) is 25.1 Å². The number of hydrogen-bond acceptors (Lipinski definition) is 2. The maximum atomic E-state index is 12.7. The van der Waals surface area contributed by atoms with Gasteiger partial charge >= 0.3 is 64.3 Å². The minimum atomic E-state index is -5.21. The third-order valence-corrected chi connectivity index (χ3v) is 2.32. The average Bonchev–Trinajstić information content (AvgIpc) is 2.15. The Bertz CT molecular complexity index is 437. The zero-order chi connectivity index (χ0) is 12.5. The Kier molecular flexibility index (Phi) is 6.23. The van der Waals surface area contributed by atoms with Crippen LogP contribution < -0.4 is 62.2 Å². The first kappa shape index (κ1) is 17.0. The Morgan fingerprint density at radius 3 is 2.24 bits per heavy atom. The molecule has 0 spiro atoms. The Hall–Kier alpha value is -0.0187. The molecule has 0 aliphatic carbocycles. The van der Waals surface area contributed by atoms with E-state index in [1.807, 2.05) is 0 Å². The first-order valence-corrected chi connectivity index (χ1v) is 4.53. The molecule has 0 aliphatic rings. The van der Waals surface area contributed by atoms with Crippen LogP contribution in [-0.2, 0) is 0 Å². The molecule has 3 nitrogen and oxygen atoms in total. The van der Waals surface area contributed by atoms with Gasteiger partial charge in [-0.15, -0.1) is 5.46 Å². The second-order valence-electron chi connectivity index (χ2n) is 3.37. The predicted molar refractivity (Wildman–Crippen MR) is 56.4 cm³/mol. The van der Waals surface area contributed by atoms with Crippen molar-refractivity contribution in [2.75, 3.05) is 12.4 Å². The maximum absolute atomic E-state index is 12.7. The molecule has 1 aromatic rings. The molecule has 0 aliphatic heterocycles. The average molecular weight is 271 g/mol. The van der Waals surface area contributed by atoms with E-state index in [9.17, 15) is 17.7 Å². The van der Waals surface area contributed by atoms with Gasteiger partial charge < -0.3 is 23.4 Å². The molecule has 17 heavy (non-hydrogen) atoms. The van der Waals surface area contributed by atoms with Crippen LogP contribution in [0.15, 0.2) is 12.1 Å². The Labute approximate surface area is 139 Å². The minimum absolute atomic E-state index is 0. The van der Waals surface area contributed by atoms with Crippen LogP contribution in [0.3, 0.4) is 0 Å². The summed E-state index contributed by atoms with van der Waals surface area (Å²) in [4.78, 5) is 10.7. The number of halogens is 3. The van der Waals surface area contributed by atoms with Crippen LogP contribution in [0.4, 0.5) is 18.6 Å². The molecular weight excluding hydrogens is 261 g/mol. The largest absolute Gasteiger partial charge is 1.00 e. The first-order valence-electron chi connectivity index (χ1n) is 4.53. The molecule has 0 saturated heterocycles. The van der Waals surface area contributed by atoms with Gasteiger partial charge in [0.05, 0.1) is 5.56 Å². The van der Waals surface area contributed by atoms with Crippen molar-refractivity contribution < 1.29 is 74.2 Å². The van der Waals surface area contributed by atoms with Gasteiger partial charge in [0.2, 0.25) is 0 Å². The molecule has 0 saturated carbocycles. The monoisotopic (exact) mass is 271 g/mol. The number of rotatable bonds is 3. The van der Waals surface area contributed by atoms with E-state index in [4.69, 9.17) is 5.11 Å². The summed E-state index contributed by atoms with van der Waals surface area (Å²) >= 11 is 0. The number of nitrogens with one attached hydrogen (secondary N) is 1. The fourth-order valence-corrected chi connectivity index (χ4v) is 1.46. The van der Waals surface area contributed by atoms with Crippen molar-refractivity contribution in [3.05, 3.63) is 23.3 Å². The third-order valence-electron chi connectivity index (χ3n) is 2.32. The SMILES string of the molecule is CNc1cc(C(=O)O)cc([B-](F)(F)F)c1C.[K+]. The van der Waals surface area contributed by atoms with E-state index in [-0.39, 0.29) is 68.2 Å². The molecule has 1 aromatic carbocycles. The normalized spacial score (nSPS) is 10.6. The number of carbonyl (C=O) groups is 1. The van der Waals surface area contributed by atoms with E-state index in [0.717, 1.165) is 0 Å². The summed E-state index contributed by atoms with van der Waals surface area (Å²) in [7, 11) is 1.45. The van der Waals surface area contributed by atoms with Crippen LogP contribution in [0.5, 0.6) is 0 Å². The van der Waals surface area contributed by atoms with Crippen molar-refractivity contribution in [3.63, 3.8) is 0 Å². The van der Waals surface area contributed by atoms with Gasteiger partial charge in [0.1, 0.15) is 0 Å². The van der Waals surface area contributed by atoms with Crippen molar-refractivity contribution in [1.29, 1.82) is 0 Å². The number of anilines is 1. The molecule has 2 N–H and O–H groups in total. The minimum Gasteiger partial charge on any atom is -0.478 e. The first-order chi connectivity index (χ1) is 7.27. The second-order valence-corrected chi connectivity index (χ2v) is 3.37. The van der Waals surface area contributed by atoms with E-state index in [1.165, 1.54) is 20.0 Å². The topological polar surface area (TPSA) is 49.3 Å². The van der Waals surface area contributed by atoms with E-state index >= 15 is 0 Å². The summed E-state index contributed by atoms with van der Waals surface area (Å²) in [6, 6.07) is 1.85. The van der Waals surface area contributed by atoms with Crippen LogP contribution in [0.25, 0.3) is 0 Å². The van der Waals surface area contributed by atoms with Gasteiger partial charge in [-0.25, -0.2) is 4.79 Å². The molecule has 0 atom stereocenters. The van der Waals surface area contributed by atoms with Gasteiger partial charge in [-0.05, 0) is 13.0 Å². The quantitative estimate of drug-likeness (QED) is 0.678. The summed E-state index contributed by atoms with van der Waals surface area (Å²) in [5, 5.41) is 11.2. The summed E-state index contributed by atoms with van der Waals surface area (Å²) in [6.45, 7) is -3.90.